The highest BCUT2D eigenvalue weighted by atomic mass is 16.6. The summed E-state index contributed by atoms with van der Waals surface area (Å²) < 4.78 is 23.3. The molecular weight excluding hydrogens is 362 g/mol. The molecule has 2 fully saturated rings. The van der Waals surface area contributed by atoms with Crippen molar-refractivity contribution in [3.05, 3.63) is 55.0 Å². The van der Waals surface area contributed by atoms with E-state index < -0.39 is 0 Å². The van der Waals surface area contributed by atoms with Crippen molar-refractivity contribution in [2.24, 2.45) is 0 Å². The molecule has 2 aliphatic rings. The maximum absolute atomic E-state index is 12.4. The molecule has 2 saturated heterocycles. The van der Waals surface area contributed by atoms with Crippen LogP contribution in [-0.4, -0.2) is 65.4 Å². The Morgan fingerprint density at radius 1 is 1.07 bits per heavy atom. The molecule has 0 aliphatic carbocycles. The standard InChI is InChI=1S/C20H19N3O5/c24-20(17-7-22-12-27-17)23-8-18-19(9-23)26-11-14(10-25-18)28-16-3-1-2-13-6-21-5-4-15(13)16/h1-7,12,14,18-19H,8-11H2/t18-,19-/m0/s1. The summed E-state index contributed by atoms with van der Waals surface area (Å²) in [5.41, 5.74) is 0. The molecule has 8 nitrogen and oxygen atoms in total. The predicted molar refractivity (Wildman–Crippen MR) is 98.0 cm³/mol. The second-order valence-corrected chi connectivity index (χ2v) is 6.91. The van der Waals surface area contributed by atoms with Crippen LogP contribution < -0.4 is 4.74 Å². The summed E-state index contributed by atoms with van der Waals surface area (Å²) in [7, 11) is 0. The van der Waals surface area contributed by atoms with E-state index in [1.807, 2.05) is 30.5 Å². The molecule has 0 spiro atoms. The molecule has 8 heteroatoms. The number of nitrogens with zero attached hydrogens (tertiary/aromatic N) is 3. The maximum atomic E-state index is 12.4. The summed E-state index contributed by atoms with van der Waals surface area (Å²) in [5, 5.41) is 2.03. The fraction of sp³-hybridized carbons (Fsp3) is 0.350. The Labute approximate surface area is 161 Å². The van der Waals surface area contributed by atoms with E-state index in [9.17, 15) is 4.79 Å². The third-order valence-corrected chi connectivity index (χ3v) is 5.07. The predicted octanol–water partition coefficient (Wildman–Crippen LogP) is 1.91. The molecule has 28 heavy (non-hydrogen) atoms. The van der Waals surface area contributed by atoms with E-state index in [2.05, 4.69) is 9.97 Å². The van der Waals surface area contributed by atoms with Crippen LogP contribution in [-0.2, 0) is 9.47 Å². The van der Waals surface area contributed by atoms with Crippen molar-refractivity contribution in [1.29, 1.82) is 0 Å². The van der Waals surface area contributed by atoms with Crippen molar-refractivity contribution in [3.8, 4) is 5.75 Å². The number of hydrogen-bond acceptors (Lipinski definition) is 7. The van der Waals surface area contributed by atoms with Crippen LogP contribution in [0.5, 0.6) is 5.75 Å². The van der Waals surface area contributed by atoms with Crippen molar-refractivity contribution in [2.75, 3.05) is 26.3 Å². The van der Waals surface area contributed by atoms with E-state index in [1.165, 1.54) is 12.6 Å². The zero-order chi connectivity index (χ0) is 18.9. The molecule has 1 amide bonds. The first-order chi connectivity index (χ1) is 13.8. The lowest BCUT2D eigenvalue weighted by Gasteiger charge is -2.19. The quantitative estimate of drug-likeness (QED) is 0.685. The van der Waals surface area contributed by atoms with Crippen molar-refractivity contribution in [2.45, 2.75) is 18.3 Å². The lowest BCUT2D eigenvalue weighted by Crippen LogP contribution is -2.32. The Balaban J connectivity index is 1.24. The summed E-state index contributed by atoms with van der Waals surface area (Å²) in [5.74, 6) is 0.810. The summed E-state index contributed by atoms with van der Waals surface area (Å²) in [6.45, 7) is 1.70. The topological polar surface area (TPSA) is 86.9 Å². The Bertz CT molecular complexity index is 956. The van der Waals surface area contributed by atoms with Crippen LogP contribution in [0.1, 0.15) is 10.6 Å². The van der Waals surface area contributed by atoms with Crippen LogP contribution in [0.25, 0.3) is 10.8 Å². The van der Waals surface area contributed by atoms with Crippen LogP contribution in [0.3, 0.4) is 0 Å². The lowest BCUT2D eigenvalue weighted by atomic mass is 10.1. The Hall–Kier alpha value is -2.97. The van der Waals surface area contributed by atoms with Gasteiger partial charge in [-0.3, -0.25) is 9.78 Å². The average Bonchev–Trinajstić information content (AvgIpc) is 3.37. The number of carbonyl (C=O) groups excluding carboxylic acids is 1. The van der Waals surface area contributed by atoms with Gasteiger partial charge < -0.3 is 23.5 Å². The van der Waals surface area contributed by atoms with E-state index in [1.54, 1.807) is 11.1 Å². The van der Waals surface area contributed by atoms with E-state index in [0.29, 0.717) is 26.3 Å². The molecule has 0 N–H and O–H groups in total. The fourth-order valence-electron chi connectivity index (χ4n) is 3.66. The number of amides is 1. The van der Waals surface area contributed by atoms with Gasteiger partial charge in [0.15, 0.2) is 6.39 Å². The van der Waals surface area contributed by atoms with E-state index >= 15 is 0 Å². The van der Waals surface area contributed by atoms with E-state index in [-0.39, 0.29) is 30.0 Å². The highest BCUT2D eigenvalue weighted by molar-refractivity contribution is 5.91. The number of aromatic nitrogens is 2. The molecule has 144 valence electrons. The summed E-state index contributed by atoms with van der Waals surface area (Å²) in [6, 6.07) is 7.82. The van der Waals surface area contributed by atoms with Gasteiger partial charge in [-0.1, -0.05) is 12.1 Å². The number of fused-ring (bicyclic) bond motifs is 2. The number of ether oxygens (including phenoxy) is 3. The lowest BCUT2D eigenvalue weighted by molar-refractivity contribution is -0.00461. The number of likely N-dealkylation sites (tertiary alicyclic amines) is 1. The second-order valence-electron chi connectivity index (χ2n) is 6.91. The minimum Gasteiger partial charge on any atom is -0.485 e. The molecule has 4 heterocycles. The summed E-state index contributed by atoms with van der Waals surface area (Å²) >= 11 is 0. The number of rotatable bonds is 3. The van der Waals surface area contributed by atoms with Crippen molar-refractivity contribution < 1.29 is 23.4 Å². The Morgan fingerprint density at radius 3 is 2.64 bits per heavy atom. The average molecular weight is 381 g/mol. The monoisotopic (exact) mass is 381 g/mol. The first-order valence-corrected chi connectivity index (χ1v) is 9.18. The van der Waals surface area contributed by atoms with Gasteiger partial charge in [0, 0.05) is 23.2 Å². The highest BCUT2D eigenvalue weighted by Crippen LogP contribution is 2.27. The summed E-state index contributed by atoms with van der Waals surface area (Å²) in [6.07, 6.45) is 5.64. The van der Waals surface area contributed by atoms with Crippen LogP contribution in [0.15, 0.2) is 53.7 Å². The van der Waals surface area contributed by atoms with Crippen molar-refractivity contribution in [1.82, 2.24) is 14.9 Å². The molecule has 0 saturated carbocycles. The molecule has 0 bridgehead atoms. The van der Waals surface area contributed by atoms with Gasteiger partial charge in [0.25, 0.3) is 5.91 Å². The molecule has 5 rings (SSSR count). The highest BCUT2D eigenvalue weighted by Gasteiger charge is 2.40. The van der Waals surface area contributed by atoms with Crippen LogP contribution >= 0.6 is 0 Å². The number of pyridine rings is 1. The molecule has 2 aromatic heterocycles. The zero-order valence-corrected chi connectivity index (χ0v) is 15.1. The van der Waals surface area contributed by atoms with Crippen molar-refractivity contribution in [3.63, 3.8) is 0 Å². The molecule has 2 atom stereocenters. The van der Waals surface area contributed by atoms with Gasteiger partial charge in [-0.25, -0.2) is 4.98 Å². The Kier molecular flexibility index (Phi) is 4.42. The first kappa shape index (κ1) is 17.2. The molecule has 2 aliphatic heterocycles. The SMILES string of the molecule is O=C(c1cnco1)N1C[C@@H]2OCC(Oc3cccc4cnccc34)CO[C@H]2C1. The van der Waals surface area contributed by atoms with E-state index in [0.717, 1.165) is 16.5 Å². The normalized spacial score (nSPS) is 22.8. The van der Waals surface area contributed by atoms with Crippen LogP contribution in [0.4, 0.5) is 0 Å². The number of oxazole rings is 1. The third kappa shape index (κ3) is 3.21. The molecule has 3 aromatic rings. The summed E-state index contributed by atoms with van der Waals surface area (Å²) in [4.78, 5) is 22.0. The van der Waals surface area contributed by atoms with Crippen LogP contribution in [0, 0.1) is 0 Å². The zero-order valence-electron chi connectivity index (χ0n) is 15.1. The van der Waals surface area contributed by atoms with Crippen LogP contribution in [0.2, 0.25) is 0 Å². The first-order valence-electron chi connectivity index (χ1n) is 9.18. The molecule has 1 aromatic carbocycles. The van der Waals surface area contributed by atoms with Crippen molar-refractivity contribution >= 4 is 16.7 Å². The van der Waals surface area contributed by atoms with Gasteiger partial charge in [0.2, 0.25) is 5.76 Å². The minimum atomic E-state index is -0.220. The maximum Gasteiger partial charge on any atom is 0.291 e. The minimum absolute atomic E-state index is 0.183. The largest absolute Gasteiger partial charge is 0.485 e. The number of benzene rings is 1. The van der Waals surface area contributed by atoms with Gasteiger partial charge in [0.1, 0.15) is 24.1 Å². The molecule has 0 unspecified atom stereocenters. The van der Waals surface area contributed by atoms with Gasteiger partial charge in [-0.2, -0.15) is 0 Å². The van der Waals surface area contributed by atoms with Gasteiger partial charge in [-0.05, 0) is 12.1 Å². The van der Waals surface area contributed by atoms with Gasteiger partial charge in [-0.15, -0.1) is 0 Å². The van der Waals surface area contributed by atoms with E-state index in [4.69, 9.17) is 18.6 Å². The fourth-order valence-corrected chi connectivity index (χ4v) is 3.66. The molecule has 0 radical (unpaired) electrons. The molecular formula is C20H19N3O5. The second kappa shape index (κ2) is 7.21. The number of hydrogen-bond donors (Lipinski definition) is 0. The third-order valence-electron chi connectivity index (χ3n) is 5.07. The smallest absolute Gasteiger partial charge is 0.291 e. The van der Waals surface area contributed by atoms with Gasteiger partial charge in [0.05, 0.1) is 32.5 Å². The Morgan fingerprint density at radius 2 is 1.89 bits per heavy atom. The number of carbonyl (C=O) groups is 1. The van der Waals surface area contributed by atoms with Gasteiger partial charge >= 0.3 is 0 Å².